The summed E-state index contributed by atoms with van der Waals surface area (Å²) in [6.45, 7) is 3.82. The van der Waals surface area contributed by atoms with Crippen LogP contribution in [0.3, 0.4) is 0 Å². The van der Waals surface area contributed by atoms with Gasteiger partial charge < -0.3 is 9.64 Å². The number of rotatable bonds is 3. The molecule has 0 aliphatic rings. The second-order valence-electron chi connectivity index (χ2n) is 4.28. The molecule has 0 spiro atoms. The monoisotopic (exact) mass is 328 g/mol. The Morgan fingerprint density at radius 2 is 2.24 bits per heavy atom. The van der Waals surface area contributed by atoms with E-state index in [1.54, 1.807) is 14.1 Å². The van der Waals surface area contributed by atoms with E-state index in [1.165, 1.54) is 16.7 Å². The van der Waals surface area contributed by atoms with E-state index in [-0.39, 0.29) is 16.7 Å². The number of thioether (sulfide) groups is 1. The molecule has 0 radical (unpaired) electrons. The Hall–Kier alpha value is -1.79. The van der Waals surface area contributed by atoms with E-state index in [0.717, 1.165) is 16.0 Å². The SMILES string of the molecule is C#CCOC(=O)n1nc(SC(C)C)sc1=NC(=O)N(C)C. The van der Waals surface area contributed by atoms with Gasteiger partial charge in [-0.3, -0.25) is 0 Å². The van der Waals surface area contributed by atoms with E-state index in [2.05, 4.69) is 16.0 Å². The fourth-order valence-electron chi connectivity index (χ4n) is 1.05. The average molecular weight is 328 g/mol. The van der Waals surface area contributed by atoms with Gasteiger partial charge in [-0.15, -0.1) is 16.2 Å². The molecule has 0 bridgehead atoms. The van der Waals surface area contributed by atoms with Gasteiger partial charge in [0.15, 0.2) is 10.9 Å². The maximum atomic E-state index is 11.9. The predicted octanol–water partition coefficient (Wildman–Crippen LogP) is 1.65. The first-order valence-corrected chi connectivity index (χ1v) is 7.68. The molecule has 114 valence electrons. The highest BCUT2D eigenvalue weighted by molar-refractivity contribution is 8.01. The third kappa shape index (κ3) is 5.24. The standard InChI is InChI=1S/C12H16N4O3S2/c1-6-7-19-12(18)16-10(13-9(17)15(4)5)21-11(14-16)20-8(2)3/h1,8H,7H2,2-5H3. The molecule has 0 saturated carbocycles. The number of carbonyl (C=O) groups excluding carboxylic acids is 2. The topological polar surface area (TPSA) is 76.8 Å². The van der Waals surface area contributed by atoms with Crippen LogP contribution in [0.4, 0.5) is 9.59 Å². The normalized spacial score (nSPS) is 11.3. The largest absolute Gasteiger partial charge is 0.438 e. The zero-order valence-corrected chi connectivity index (χ0v) is 13.8. The van der Waals surface area contributed by atoms with Crippen molar-refractivity contribution in [3.8, 4) is 12.3 Å². The van der Waals surface area contributed by atoms with Gasteiger partial charge >= 0.3 is 12.1 Å². The lowest BCUT2D eigenvalue weighted by Gasteiger charge is -2.04. The first-order valence-electron chi connectivity index (χ1n) is 5.98. The van der Waals surface area contributed by atoms with Gasteiger partial charge in [0.05, 0.1) is 0 Å². The van der Waals surface area contributed by atoms with Crippen LogP contribution in [0.25, 0.3) is 0 Å². The van der Waals surface area contributed by atoms with Crippen LogP contribution in [0, 0.1) is 12.3 Å². The van der Waals surface area contributed by atoms with Gasteiger partial charge in [-0.1, -0.05) is 42.9 Å². The fraction of sp³-hybridized carbons (Fsp3) is 0.500. The summed E-state index contributed by atoms with van der Waals surface area (Å²) in [7, 11) is 3.13. The number of aromatic nitrogens is 2. The minimum absolute atomic E-state index is 0.152. The summed E-state index contributed by atoms with van der Waals surface area (Å²) >= 11 is 2.61. The third-order valence-electron chi connectivity index (χ3n) is 1.90. The van der Waals surface area contributed by atoms with E-state index >= 15 is 0 Å². The van der Waals surface area contributed by atoms with Gasteiger partial charge in [0.1, 0.15) is 0 Å². The molecule has 1 heterocycles. The van der Waals surface area contributed by atoms with Crippen molar-refractivity contribution in [2.75, 3.05) is 20.7 Å². The number of nitrogens with zero attached hydrogens (tertiary/aromatic N) is 4. The van der Waals surface area contributed by atoms with Crippen LogP contribution >= 0.6 is 23.1 Å². The molecule has 1 aromatic rings. The molecule has 1 aromatic heterocycles. The molecular weight excluding hydrogens is 312 g/mol. The molecular formula is C12H16N4O3S2. The molecule has 21 heavy (non-hydrogen) atoms. The molecule has 0 aliphatic carbocycles. The second kappa shape index (κ2) is 7.85. The van der Waals surface area contributed by atoms with E-state index in [4.69, 9.17) is 11.2 Å². The van der Waals surface area contributed by atoms with Gasteiger partial charge in [-0.25, -0.2) is 9.59 Å². The first-order chi connectivity index (χ1) is 9.85. The van der Waals surface area contributed by atoms with E-state index in [1.807, 2.05) is 13.8 Å². The summed E-state index contributed by atoms with van der Waals surface area (Å²) in [4.78, 5) is 28.8. The van der Waals surface area contributed by atoms with Crippen molar-refractivity contribution in [3.05, 3.63) is 4.80 Å². The van der Waals surface area contributed by atoms with Gasteiger partial charge in [0.2, 0.25) is 4.80 Å². The lowest BCUT2D eigenvalue weighted by molar-refractivity contribution is 0.157. The molecule has 1 rings (SSSR count). The van der Waals surface area contributed by atoms with Crippen molar-refractivity contribution >= 4 is 35.2 Å². The van der Waals surface area contributed by atoms with Gasteiger partial charge in [0, 0.05) is 19.3 Å². The van der Waals surface area contributed by atoms with Crippen molar-refractivity contribution in [3.63, 3.8) is 0 Å². The van der Waals surface area contributed by atoms with Crippen molar-refractivity contribution in [2.24, 2.45) is 4.99 Å². The van der Waals surface area contributed by atoms with Crippen molar-refractivity contribution in [2.45, 2.75) is 23.4 Å². The van der Waals surface area contributed by atoms with E-state index in [9.17, 15) is 9.59 Å². The Kier molecular flexibility index (Phi) is 6.45. The number of hydrogen-bond donors (Lipinski definition) is 0. The number of amides is 2. The van der Waals surface area contributed by atoms with Crippen LogP contribution < -0.4 is 4.80 Å². The number of urea groups is 1. The molecule has 0 aromatic carbocycles. The highest BCUT2D eigenvalue weighted by Crippen LogP contribution is 2.22. The maximum absolute atomic E-state index is 11.9. The van der Waals surface area contributed by atoms with Crippen molar-refractivity contribution in [1.82, 2.24) is 14.7 Å². The molecule has 0 aliphatic heterocycles. The summed E-state index contributed by atoms with van der Waals surface area (Å²) < 4.78 is 6.39. The van der Waals surface area contributed by atoms with E-state index < -0.39 is 12.1 Å². The molecule has 0 fully saturated rings. The van der Waals surface area contributed by atoms with Crippen molar-refractivity contribution in [1.29, 1.82) is 0 Å². The molecule has 9 heteroatoms. The number of terminal acetylenes is 1. The smallest absolute Gasteiger partial charge is 0.435 e. The summed E-state index contributed by atoms with van der Waals surface area (Å²) in [5.41, 5.74) is 0. The average Bonchev–Trinajstić information content (AvgIpc) is 2.77. The second-order valence-corrected chi connectivity index (χ2v) is 7.06. The predicted molar refractivity (Wildman–Crippen MR) is 81.3 cm³/mol. The van der Waals surface area contributed by atoms with Crippen LogP contribution in [-0.2, 0) is 4.74 Å². The van der Waals surface area contributed by atoms with Gasteiger partial charge in [-0.05, 0) is 0 Å². The summed E-state index contributed by atoms with van der Waals surface area (Å²) in [5, 5.41) is 4.39. The number of carbonyl (C=O) groups is 2. The highest BCUT2D eigenvalue weighted by Gasteiger charge is 2.16. The fourth-order valence-corrected chi connectivity index (χ4v) is 3.18. The zero-order chi connectivity index (χ0) is 16.0. The quantitative estimate of drug-likeness (QED) is 0.623. The lowest BCUT2D eigenvalue weighted by atomic mass is 10.6. The van der Waals surface area contributed by atoms with Gasteiger partial charge in [-0.2, -0.15) is 4.99 Å². The Labute approximate surface area is 131 Å². The zero-order valence-electron chi connectivity index (χ0n) is 12.2. The maximum Gasteiger partial charge on any atom is 0.438 e. The minimum atomic E-state index is -0.759. The molecule has 0 unspecified atom stereocenters. The summed E-state index contributed by atoms with van der Waals surface area (Å²) in [5.74, 6) is 2.19. The lowest BCUT2D eigenvalue weighted by Crippen LogP contribution is -2.29. The third-order valence-corrected chi connectivity index (χ3v) is 3.90. The van der Waals surface area contributed by atoms with Crippen LogP contribution in [0.1, 0.15) is 13.8 Å². The number of ether oxygens (including phenoxy) is 1. The van der Waals surface area contributed by atoms with Crippen LogP contribution in [0.15, 0.2) is 9.33 Å². The van der Waals surface area contributed by atoms with Crippen molar-refractivity contribution < 1.29 is 14.3 Å². The van der Waals surface area contributed by atoms with Crippen LogP contribution in [0.2, 0.25) is 0 Å². The molecule has 0 N–H and O–H groups in total. The molecule has 0 atom stereocenters. The Morgan fingerprint density at radius 3 is 2.76 bits per heavy atom. The molecule has 0 saturated heterocycles. The Balaban J connectivity index is 3.20. The van der Waals surface area contributed by atoms with Crippen LogP contribution in [-0.4, -0.2) is 52.8 Å². The molecule has 7 nitrogen and oxygen atoms in total. The Bertz CT molecular complexity index is 625. The number of hydrogen-bond acceptors (Lipinski definition) is 6. The summed E-state index contributed by atoms with van der Waals surface area (Å²) in [6, 6.07) is -0.488. The van der Waals surface area contributed by atoms with Crippen LogP contribution in [0.5, 0.6) is 0 Å². The minimum Gasteiger partial charge on any atom is -0.435 e. The molecule has 2 amide bonds. The summed E-state index contributed by atoms with van der Waals surface area (Å²) in [6.07, 6.45) is 4.28. The first kappa shape index (κ1) is 17.3. The van der Waals surface area contributed by atoms with Gasteiger partial charge in [0.25, 0.3) is 0 Å². The highest BCUT2D eigenvalue weighted by atomic mass is 32.2. The van der Waals surface area contributed by atoms with E-state index in [0.29, 0.717) is 4.34 Å². The Morgan fingerprint density at radius 1 is 1.57 bits per heavy atom.